The molecule has 0 saturated carbocycles. The summed E-state index contributed by atoms with van der Waals surface area (Å²) >= 11 is 7.43. The summed E-state index contributed by atoms with van der Waals surface area (Å²) in [7, 11) is 0. The molecule has 1 aromatic carbocycles. The monoisotopic (exact) mass is 279 g/mol. The molecule has 1 aliphatic heterocycles. The van der Waals surface area contributed by atoms with Crippen LogP contribution in [-0.4, -0.2) is 11.0 Å². The van der Waals surface area contributed by atoms with E-state index in [0.29, 0.717) is 11.4 Å². The summed E-state index contributed by atoms with van der Waals surface area (Å²) in [4.78, 5) is 12.0. The third kappa shape index (κ3) is 1.92. The van der Waals surface area contributed by atoms with E-state index in [-0.39, 0.29) is 5.91 Å². The van der Waals surface area contributed by atoms with Crippen LogP contribution in [0.2, 0.25) is 5.02 Å². The predicted molar refractivity (Wildman–Crippen MR) is 72.2 cm³/mol. The Kier molecular flexibility index (Phi) is 2.86. The molecule has 3 rings (SSSR count). The molecule has 1 unspecified atom stereocenters. The Bertz CT molecular complexity index is 623. The molecule has 0 spiro atoms. The highest BCUT2D eigenvalue weighted by molar-refractivity contribution is 7.10. The highest BCUT2D eigenvalue weighted by atomic mass is 35.5. The van der Waals surface area contributed by atoms with E-state index in [0.717, 1.165) is 21.7 Å². The first-order chi connectivity index (χ1) is 8.65. The minimum Gasteiger partial charge on any atom is -0.383 e. The van der Waals surface area contributed by atoms with Crippen molar-refractivity contribution < 1.29 is 9.90 Å². The number of rotatable bonds is 2. The van der Waals surface area contributed by atoms with Crippen molar-refractivity contribution in [3.63, 3.8) is 0 Å². The molecule has 0 aliphatic carbocycles. The fourth-order valence-electron chi connectivity index (χ4n) is 2.07. The van der Waals surface area contributed by atoms with E-state index >= 15 is 0 Å². The van der Waals surface area contributed by atoms with Crippen molar-refractivity contribution in [3.05, 3.63) is 50.7 Å². The third-order valence-electron chi connectivity index (χ3n) is 2.96. The van der Waals surface area contributed by atoms with Gasteiger partial charge in [-0.25, -0.2) is 0 Å². The van der Waals surface area contributed by atoms with Crippen molar-refractivity contribution in [2.75, 3.05) is 5.32 Å². The van der Waals surface area contributed by atoms with Gasteiger partial charge in [-0.15, -0.1) is 11.3 Å². The van der Waals surface area contributed by atoms with Crippen LogP contribution >= 0.6 is 22.9 Å². The van der Waals surface area contributed by atoms with Crippen LogP contribution in [0.5, 0.6) is 0 Å². The average Bonchev–Trinajstić information content (AvgIpc) is 2.91. The van der Waals surface area contributed by atoms with Gasteiger partial charge in [0.05, 0.1) is 16.3 Å². The molecule has 2 heterocycles. The van der Waals surface area contributed by atoms with E-state index in [9.17, 15) is 9.90 Å². The number of hydrogen-bond donors (Lipinski definition) is 2. The largest absolute Gasteiger partial charge is 0.383 e. The number of aliphatic hydroxyl groups excluding tert-OH is 1. The number of carbonyl (C=O) groups excluding carboxylic acids is 1. The molecule has 1 amide bonds. The van der Waals surface area contributed by atoms with Crippen molar-refractivity contribution in [3.8, 4) is 0 Å². The second kappa shape index (κ2) is 4.39. The topological polar surface area (TPSA) is 49.3 Å². The fourth-order valence-corrected chi connectivity index (χ4v) is 3.24. The number of thiophene rings is 1. The van der Waals surface area contributed by atoms with Crippen LogP contribution in [0.3, 0.4) is 0 Å². The first-order valence-electron chi connectivity index (χ1n) is 5.49. The van der Waals surface area contributed by atoms with Gasteiger partial charge in [-0.3, -0.25) is 4.79 Å². The Hall–Kier alpha value is -1.36. The molecule has 0 saturated heterocycles. The molecule has 1 aromatic heterocycles. The Morgan fingerprint density at radius 2 is 2.22 bits per heavy atom. The molecule has 0 bridgehead atoms. The van der Waals surface area contributed by atoms with Crippen LogP contribution in [0.15, 0.2) is 29.6 Å². The number of fused-ring (bicyclic) bond motifs is 1. The zero-order valence-corrected chi connectivity index (χ0v) is 10.9. The number of nitrogens with one attached hydrogen (secondary N) is 1. The van der Waals surface area contributed by atoms with Crippen molar-refractivity contribution in [1.29, 1.82) is 0 Å². The number of carbonyl (C=O) groups is 1. The normalized spacial score (nSPS) is 15.3. The quantitative estimate of drug-likeness (QED) is 0.888. The van der Waals surface area contributed by atoms with Gasteiger partial charge in [-0.1, -0.05) is 23.7 Å². The number of halogens is 1. The Morgan fingerprint density at radius 1 is 1.39 bits per heavy atom. The number of amides is 1. The first kappa shape index (κ1) is 11.7. The highest BCUT2D eigenvalue weighted by Crippen LogP contribution is 2.34. The smallest absolute Gasteiger partial charge is 0.228 e. The summed E-state index contributed by atoms with van der Waals surface area (Å²) in [5, 5.41) is 15.5. The Balaban J connectivity index is 1.97. The summed E-state index contributed by atoms with van der Waals surface area (Å²) in [6, 6.07) is 7.25. The Labute approximate surface area is 113 Å². The summed E-state index contributed by atoms with van der Waals surface area (Å²) in [6.45, 7) is 0. The molecule has 2 N–H and O–H groups in total. The molecule has 0 fully saturated rings. The third-order valence-corrected chi connectivity index (χ3v) is 4.37. The van der Waals surface area contributed by atoms with E-state index in [1.807, 2.05) is 23.6 Å². The van der Waals surface area contributed by atoms with Crippen LogP contribution in [-0.2, 0) is 11.2 Å². The molecule has 1 aliphatic rings. The lowest BCUT2D eigenvalue weighted by atomic mass is 10.0. The number of anilines is 1. The van der Waals surface area contributed by atoms with Gasteiger partial charge < -0.3 is 10.4 Å². The van der Waals surface area contributed by atoms with Crippen molar-refractivity contribution >= 4 is 34.5 Å². The number of benzene rings is 1. The molecule has 92 valence electrons. The van der Waals surface area contributed by atoms with E-state index in [1.165, 1.54) is 11.3 Å². The van der Waals surface area contributed by atoms with Crippen LogP contribution in [0, 0.1) is 0 Å². The van der Waals surface area contributed by atoms with Crippen LogP contribution < -0.4 is 5.32 Å². The van der Waals surface area contributed by atoms with Gasteiger partial charge in [0.15, 0.2) is 0 Å². The van der Waals surface area contributed by atoms with Gasteiger partial charge in [0, 0.05) is 5.69 Å². The molecule has 18 heavy (non-hydrogen) atoms. The standard InChI is InChI=1S/C13H10ClNO2S/c14-9-3-4-18-13(9)12(17)7-1-2-10-8(5-7)6-11(16)15-10/h1-5,12,17H,6H2,(H,15,16). The highest BCUT2D eigenvalue weighted by Gasteiger charge is 2.21. The lowest BCUT2D eigenvalue weighted by Gasteiger charge is -2.11. The molecule has 3 nitrogen and oxygen atoms in total. The summed E-state index contributed by atoms with van der Waals surface area (Å²) < 4.78 is 0. The molecule has 0 radical (unpaired) electrons. The van der Waals surface area contributed by atoms with Gasteiger partial charge >= 0.3 is 0 Å². The van der Waals surface area contributed by atoms with E-state index in [4.69, 9.17) is 11.6 Å². The summed E-state index contributed by atoms with van der Waals surface area (Å²) in [5.74, 6) is -0.00852. The van der Waals surface area contributed by atoms with E-state index in [1.54, 1.807) is 6.07 Å². The zero-order valence-electron chi connectivity index (χ0n) is 9.31. The first-order valence-corrected chi connectivity index (χ1v) is 6.74. The molecule has 1 atom stereocenters. The minimum atomic E-state index is -0.737. The maximum atomic E-state index is 11.3. The van der Waals surface area contributed by atoms with Crippen LogP contribution in [0.1, 0.15) is 22.1 Å². The zero-order chi connectivity index (χ0) is 12.7. The second-order valence-electron chi connectivity index (χ2n) is 4.18. The SMILES string of the molecule is O=C1Cc2cc(C(O)c3sccc3Cl)ccc2N1. The van der Waals surface area contributed by atoms with E-state index in [2.05, 4.69) is 5.32 Å². The van der Waals surface area contributed by atoms with Gasteiger partial charge in [0.1, 0.15) is 6.10 Å². The fraction of sp³-hybridized carbons (Fsp3) is 0.154. The van der Waals surface area contributed by atoms with Gasteiger partial charge in [0.25, 0.3) is 0 Å². The van der Waals surface area contributed by atoms with Crippen molar-refractivity contribution in [1.82, 2.24) is 0 Å². The summed E-state index contributed by atoms with van der Waals surface area (Å²) in [5.41, 5.74) is 2.51. The predicted octanol–water partition coefficient (Wildman–Crippen LogP) is 2.98. The Morgan fingerprint density at radius 3 is 2.94 bits per heavy atom. The van der Waals surface area contributed by atoms with Crippen LogP contribution in [0.4, 0.5) is 5.69 Å². The lowest BCUT2D eigenvalue weighted by Crippen LogP contribution is -2.03. The van der Waals surface area contributed by atoms with Gasteiger partial charge in [-0.2, -0.15) is 0 Å². The van der Waals surface area contributed by atoms with Crippen molar-refractivity contribution in [2.45, 2.75) is 12.5 Å². The average molecular weight is 280 g/mol. The maximum absolute atomic E-state index is 11.3. The molecular weight excluding hydrogens is 270 g/mol. The number of hydrogen-bond acceptors (Lipinski definition) is 3. The molecule has 5 heteroatoms. The maximum Gasteiger partial charge on any atom is 0.228 e. The molecule has 2 aromatic rings. The van der Waals surface area contributed by atoms with E-state index < -0.39 is 6.10 Å². The van der Waals surface area contributed by atoms with Crippen LogP contribution in [0.25, 0.3) is 0 Å². The molecular formula is C13H10ClNO2S. The van der Waals surface area contributed by atoms with Crippen molar-refractivity contribution in [2.24, 2.45) is 0 Å². The number of aliphatic hydroxyl groups is 1. The van der Waals surface area contributed by atoms with Gasteiger partial charge in [0.2, 0.25) is 5.91 Å². The second-order valence-corrected chi connectivity index (χ2v) is 5.53. The lowest BCUT2D eigenvalue weighted by molar-refractivity contribution is -0.115. The minimum absolute atomic E-state index is 0.00852. The summed E-state index contributed by atoms with van der Waals surface area (Å²) in [6.07, 6.45) is -0.368. The van der Waals surface area contributed by atoms with Gasteiger partial charge in [-0.05, 0) is 28.6 Å².